The summed E-state index contributed by atoms with van der Waals surface area (Å²) in [5, 5.41) is 3.09. The quantitative estimate of drug-likeness (QED) is 0.287. The van der Waals surface area contributed by atoms with Crippen molar-refractivity contribution in [1.29, 1.82) is 0 Å². The lowest BCUT2D eigenvalue weighted by Crippen LogP contribution is -2.39. The smallest absolute Gasteiger partial charge is 0.248 e. The Morgan fingerprint density at radius 2 is 2.00 bits per heavy atom. The van der Waals surface area contributed by atoms with E-state index >= 15 is 0 Å². The standard InChI is InChI=1S/CH5NO2S2/c1-6(3,4)5-2/h2H2,1H3/q+1/p+1. The largest absolute Gasteiger partial charge is 0.370 e. The molecule has 0 aromatic rings. The first-order valence-corrected chi connectivity index (χ1v) is 4.59. The molecule has 3 nitrogen and oxygen atoms in total. The molecular formula is CH6NO2S2+2. The zero-order valence-electron chi connectivity index (χ0n) is 3.34. The van der Waals surface area contributed by atoms with E-state index in [9.17, 15) is 8.76 Å². The van der Waals surface area contributed by atoms with Crippen LogP contribution in [0.3, 0.4) is 0 Å². The first kappa shape index (κ1) is 6.42. The molecule has 0 heterocycles. The third kappa shape index (κ3) is 4.42. The lowest BCUT2D eigenvalue weighted by atomic mass is 12.0. The minimum atomic E-state index is -2.86. The monoisotopic (exact) mass is 128 g/mol. The molecular weight excluding hydrogens is 122 g/mol. The molecule has 6 heavy (non-hydrogen) atoms. The Morgan fingerprint density at radius 1 is 1.83 bits per heavy atom. The van der Waals surface area contributed by atoms with E-state index in [1.807, 2.05) is 0 Å². The van der Waals surface area contributed by atoms with Crippen LogP contribution in [0, 0.1) is 0 Å². The molecule has 0 fully saturated rings. The van der Waals surface area contributed by atoms with Crippen LogP contribution < -0.4 is 5.14 Å². The molecule has 3 N–H and O–H groups in total. The molecule has 0 aromatic carbocycles. The molecule has 0 aromatic heterocycles. The van der Waals surface area contributed by atoms with Crippen molar-refractivity contribution in [2.45, 2.75) is 0 Å². The topological polar surface area (TPSA) is 64.6 Å². The van der Waals surface area contributed by atoms with Crippen molar-refractivity contribution in [1.82, 2.24) is 0 Å². The van der Waals surface area contributed by atoms with Crippen LogP contribution in [0.4, 0.5) is 0 Å². The fourth-order valence-corrected chi connectivity index (χ4v) is 0. The normalized spacial score (nSPS) is 19.8. The molecule has 0 bridgehead atoms. The van der Waals surface area contributed by atoms with Crippen molar-refractivity contribution in [3.63, 3.8) is 0 Å². The van der Waals surface area contributed by atoms with Gasteiger partial charge >= 0.3 is 20.2 Å². The van der Waals surface area contributed by atoms with E-state index in [4.69, 9.17) is 0 Å². The fraction of sp³-hybridized carbons (Fsp3) is 1.00. The van der Waals surface area contributed by atoms with Gasteiger partial charge in [0.15, 0.2) is 6.26 Å². The predicted octanol–water partition coefficient (Wildman–Crippen LogP) is -0.734. The molecule has 0 aliphatic rings. The van der Waals surface area contributed by atoms with Crippen molar-refractivity contribution < 1.29 is 13.9 Å². The number of rotatable bonds is 1. The lowest BCUT2D eigenvalue weighted by Gasteiger charge is -1.72. The summed E-state index contributed by atoms with van der Waals surface area (Å²) >= 11 is 0. The molecule has 5 heteroatoms. The van der Waals surface area contributed by atoms with Gasteiger partial charge in [0.2, 0.25) is 0 Å². The molecule has 0 amide bonds. The van der Waals surface area contributed by atoms with E-state index < -0.39 is 9.25 Å². The van der Waals surface area contributed by atoms with Crippen LogP contribution in [0.15, 0.2) is 0 Å². The first-order valence-electron chi connectivity index (χ1n) is 1.20. The van der Waals surface area contributed by atoms with Gasteiger partial charge in [0, 0.05) is 0 Å². The van der Waals surface area contributed by atoms with Crippen molar-refractivity contribution in [3.05, 3.63) is 0 Å². The molecule has 37 valence electrons. The Bertz CT molecular complexity index is 75.6. The molecule has 0 spiro atoms. The highest BCUT2D eigenvalue weighted by molar-refractivity contribution is 8.71. The fourth-order valence-electron chi connectivity index (χ4n) is 0. The molecule has 0 saturated heterocycles. The molecule has 0 rings (SSSR count). The Hall–Kier alpha value is 0.420. The van der Waals surface area contributed by atoms with Crippen LogP contribution >= 0.6 is 11.0 Å². The van der Waals surface area contributed by atoms with Crippen molar-refractivity contribution in [2.75, 3.05) is 6.26 Å². The average molecular weight is 128 g/mol. The van der Waals surface area contributed by atoms with E-state index in [2.05, 4.69) is 5.14 Å². The van der Waals surface area contributed by atoms with E-state index in [-0.39, 0.29) is 0 Å². The van der Waals surface area contributed by atoms with Gasteiger partial charge in [0.1, 0.15) is 0 Å². The lowest BCUT2D eigenvalue weighted by molar-refractivity contribution is -0.133. The summed E-state index contributed by atoms with van der Waals surface area (Å²) in [6, 6.07) is 0. The average Bonchev–Trinajstić information content (AvgIpc) is 1.35. The molecule has 0 aliphatic heterocycles. The van der Waals surface area contributed by atoms with Crippen LogP contribution in [-0.4, -0.2) is 6.26 Å². The van der Waals surface area contributed by atoms with Gasteiger partial charge < -0.3 is 0 Å². The SMILES string of the molecule is C[S+]([O])(=O)S[NH3+]. The summed E-state index contributed by atoms with van der Waals surface area (Å²) in [4.78, 5) is 0. The Balaban J connectivity index is 3.48. The Labute approximate surface area is 41.1 Å². The van der Waals surface area contributed by atoms with Crippen LogP contribution in [0.1, 0.15) is 0 Å². The molecule has 1 radical (unpaired) electrons. The second-order valence-corrected chi connectivity index (χ2v) is 4.99. The van der Waals surface area contributed by atoms with Crippen LogP contribution in [-0.2, 0) is 18.0 Å². The van der Waals surface area contributed by atoms with Crippen molar-refractivity contribution in [3.8, 4) is 0 Å². The third-order valence-corrected chi connectivity index (χ3v) is 1.93. The van der Waals surface area contributed by atoms with Crippen molar-refractivity contribution in [2.24, 2.45) is 0 Å². The number of quaternary nitrogens is 1. The van der Waals surface area contributed by atoms with Gasteiger partial charge in [-0.05, 0) is 4.21 Å². The highest BCUT2D eigenvalue weighted by atomic mass is 33.2. The van der Waals surface area contributed by atoms with Crippen LogP contribution in [0.5, 0.6) is 0 Å². The maximum atomic E-state index is 9.90. The van der Waals surface area contributed by atoms with Crippen LogP contribution in [0.25, 0.3) is 0 Å². The predicted molar refractivity (Wildman–Crippen MR) is 25.1 cm³/mol. The summed E-state index contributed by atoms with van der Waals surface area (Å²) in [5.41, 5.74) is 0. The summed E-state index contributed by atoms with van der Waals surface area (Å²) in [7, 11) is -2.25. The second kappa shape index (κ2) is 1.92. The van der Waals surface area contributed by atoms with E-state index in [1.165, 1.54) is 0 Å². The minimum absolute atomic E-state index is 0.604. The van der Waals surface area contributed by atoms with Gasteiger partial charge in [-0.2, -0.15) is 0 Å². The summed E-state index contributed by atoms with van der Waals surface area (Å²) in [5.74, 6) is 0. The van der Waals surface area contributed by atoms with Gasteiger partial charge in [0.05, 0.1) is 4.55 Å². The Morgan fingerprint density at radius 3 is 2.00 bits per heavy atom. The molecule has 1 unspecified atom stereocenters. The van der Waals surface area contributed by atoms with E-state index in [0.717, 1.165) is 6.26 Å². The highest BCUT2D eigenvalue weighted by Crippen LogP contribution is 2.03. The number of hydrogen-bond acceptors (Lipinski definition) is 2. The van der Waals surface area contributed by atoms with Gasteiger partial charge in [-0.25, -0.2) is 5.14 Å². The second-order valence-electron chi connectivity index (χ2n) is 0.822. The zero-order chi connectivity index (χ0) is 5.21. The first-order chi connectivity index (χ1) is 2.56. The summed E-state index contributed by atoms with van der Waals surface area (Å²) in [6.07, 6.45) is 1.12. The maximum absolute atomic E-state index is 9.90. The zero-order valence-corrected chi connectivity index (χ0v) is 4.97. The number of hydrogen-bond donors (Lipinski definition) is 1. The maximum Gasteiger partial charge on any atom is 0.370 e. The van der Waals surface area contributed by atoms with Crippen LogP contribution in [0.2, 0.25) is 0 Å². The third-order valence-electron chi connectivity index (χ3n) is 0.214. The van der Waals surface area contributed by atoms with E-state index in [1.54, 1.807) is 0 Å². The van der Waals surface area contributed by atoms with Gasteiger partial charge in [-0.15, -0.1) is 0 Å². The molecule has 0 aliphatic carbocycles. The Kier molecular flexibility index (Phi) is 2.06. The summed E-state index contributed by atoms with van der Waals surface area (Å²) in [6.45, 7) is 0. The minimum Gasteiger partial charge on any atom is -0.248 e. The van der Waals surface area contributed by atoms with Crippen molar-refractivity contribution >= 4 is 20.2 Å². The molecule has 0 saturated carbocycles. The van der Waals surface area contributed by atoms with Gasteiger partial charge in [0.25, 0.3) is 0 Å². The van der Waals surface area contributed by atoms with E-state index in [0.29, 0.717) is 11.0 Å². The van der Waals surface area contributed by atoms with Gasteiger partial charge in [-0.3, -0.25) is 0 Å². The highest BCUT2D eigenvalue weighted by Gasteiger charge is 2.23. The summed E-state index contributed by atoms with van der Waals surface area (Å²) < 4.78 is 19.8. The molecule has 1 atom stereocenters. The van der Waals surface area contributed by atoms with Gasteiger partial charge in [-0.1, -0.05) is 0 Å².